The van der Waals surface area contributed by atoms with Crippen LogP contribution in [0.2, 0.25) is 0 Å². The Balaban J connectivity index is 2.18. The molecule has 0 aromatic heterocycles. The maximum Gasteiger partial charge on any atom is 0.325 e. The Kier molecular flexibility index (Phi) is 3.27. The zero-order chi connectivity index (χ0) is 12.3. The first-order valence-corrected chi connectivity index (χ1v) is 5.37. The number of methoxy groups -OCH3 is 1. The maximum atomic E-state index is 11.8. The van der Waals surface area contributed by atoms with Crippen LogP contribution >= 0.6 is 0 Å². The van der Waals surface area contributed by atoms with Crippen molar-refractivity contribution in [3.05, 3.63) is 29.8 Å². The predicted octanol–water partition coefficient (Wildman–Crippen LogP) is 0.614. The van der Waals surface area contributed by atoms with Crippen LogP contribution in [0, 0.1) is 0 Å². The summed E-state index contributed by atoms with van der Waals surface area (Å²) in [6.07, 6.45) is 0. The van der Waals surface area contributed by atoms with Gasteiger partial charge in [-0.3, -0.25) is 9.59 Å². The number of anilines is 1. The second-order valence-corrected chi connectivity index (χ2v) is 3.84. The summed E-state index contributed by atoms with van der Waals surface area (Å²) in [5, 5.41) is 3.05. The number of ether oxygens (including phenoxy) is 1. The molecule has 1 N–H and O–H groups in total. The molecule has 0 aliphatic carbocycles. The van der Waals surface area contributed by atoms with Crippen molar-refractivity contribution in [2.45, 2.75) is 6.54 Å². The second kappa shape index (κ2) is 4.86. The van der Waals surface area contributed by atoms with E-state index < -0.39 is 5.97 Å². The largest absolute Gasteiger partial charge is 0.468 e. The van der Waals surface area contributed by atoms with E-state index in [0.29, 0.717) is 6.54 Å². The van der Waals surface area contributed by atoms with Gasteiger partial charge in [-0.2, -0.15) is 0 Å². The number of rotatable bonds is 2. The first-order chi connectivity index (χ1) is 8.20. The number of para-hydroxylation sites is 1. The molecular formula is C12H14N2O3. The van der Waals surface area contributed by atoms with Gasteiger partial charge in [0.1, 0.15) is 6.54 Å². The van der Waals surface area contributed by atoms with Gasteiger partial charge in [0.25, 0.3) is 0 Å². The lowest BCUT2D eigenvalue weighted by Crippen LogP contribution is -2.37. The Morgan fingerprint density at radius 2 is 2.24 bits per heavy atom. The monoisotopic (exact) mass is 234 g/mol. The zero-order valence-corrected chi connectivity index (χ0v) is 9.60. The number of nitrogens with zero attached hydrogens (tertiary/aromatic N) is 1. The number of amides is 1. The molecule has 1 aromatic rings. The minimum Gasteiger partial charge on any atom is -0.468 e. The molecular weight excluding hydrogens is 220 g/mol. The van der Waals surface area contributed by atoms with E-state index in [0.717, 1.165) is 11.3 Å². The summed E-state index contributed by atoms with van der Waals surface area (Å²) in [4.78, 5) is 24.5. The van der Waals surface area contributed by atoms with E-state index in [4.69, 9.17) is 0 Å². The number of hydrogen-bond acceptors (Lipinski definition) is 4. The lowest BCUT2D eigenvalue weighted by molar-refractivity contribution is -0.146. The molecule has 0 bridgehead atoms. The van der Waals surface area contributed by atoms with E-state index in [-0.39, 0.29) is 19.0 Å². The molecule has 5 heteroatoms. The summed E-state index contributed by atoms with van der Waals surface area (Å²) in [7, 11) is 1.32. The minimum absolute atomic E-state index is 0.00858. The number of benzene rings is 1. The van der Waals surface area contributed by atoms with Crippen molar-refractivity contribution in [1.29, 1.82) is 0 Å². The van der Waals surface area contributed by atoms with Crippen molar-refractivity contribution in [2.24, 2.45) is 0 Å². The number of carbonyl (C=O) groups excluding carboxylic acids is 2. The van der Waals surface area contributed by atoms with Crippen LogP contribution < -0.4 is 5.32 Å². The normalized spacial score (nSPS) is 14.6. The molecule has 0 spiro atoms. The zero-order valence-electron chi connectivity index (χ0n) is 9.60. The summed E-state index contributed by atoms with van der Waals surface area (Å²) < 4.78 is 4.58. The molecule has 2 rings (SSSR count). The van der Waals surface area contributed by atoms with E-state index in [1.807, 2.05) is 24.3 Å². The highest BCUT2D eigenvalue weighted by Gasteiger charge is 2.21. The van der Waals surface area contributed by atoms with Crippen LogP contribution in [0.5, 0.6) is 0 Å². The van der Waals surface area contributed by atoms with Gasteiger partial charge in [-0.1, -0.05) is 18.2 Å². The summed E-state index contributed by atoms with van der Waals surface area (Å²) in [6.45, 7) is 0.621. The Morgan fingerprint density at radius 1 is 1.47 bits per heavy atom. The van der Waals surface area contributed by atoms with Crippen LogP contribution in [0.15, 0.2) is 24.3 Å². The van der Waals surface area contributed by atoms with Crippen LogP contribution in [-0.4, -0.2) is 37.0 Å². The van der Waals surface area contributed by atoms with Crippen LogP contribution in [0.25, 0.3) is 0 Å². The molecule has 0 atom stereocenters. The van der Waals surface area contributed by atoms with Gasteiger partial charge < -0.3 is 15.0 Å². The fourth-order valence-corrected chi connectivity index (χ4v) is 1.77. The van der Waals surface area contributed by atoms with Crippen LogP contribution in [0.4, 0.5) is 5.69 Å². The van der Waals surface area contributed by atoms with Gasteiger partial charge in [0.15, 0.2) is 0 Å². The summed E-state index contributed by atoms with van der Waals surface area (Å²) in [6, 6.07) is 7.67. The number of nitrogens with one attached hydrogen (secondary N) is 1. The quantitative estimate of drug-likeness (QED) is 0.762. The van der Waals surface area contributed by atoms with E-state index in [1.165, 1.54) is 12.0 Å². The van der Waals surface area contributed by atoms with Gasteiger partial charge in [0.2, 0.25) is 5.91 Å². The SMILES string of the molecule is COC(=O)CN1Cc2ccccc2NCC1=O. The molecule has 0 saturated heterocycles. The maximum absolute atomic E-state index is 11.8. The lowest BCUT2D eigenvalue weighted by atomic mass is 10.2. The van der Waals surface area contributed by atoms with Crippen molar-refractivity contribution in [2.75, 3.05) is 25.5 Å². The molecule has 1 aliphatic rings. The first-order valence-electron chi connectivity index (χ1n) is 5.37. The lowest BCUT2D eigenvalue weighted by Gasteiger charge is -2.18. The fraction of sp³-hybridized carbons (Fsp3) is 0.333. The molecule has 1 aliphatic heterocycles. The first kappa shape index (κ1) is 11.4. The number of carbonyl (C=O) groups is 2. The van der Waals surface area contributed by atoms with Crippen molar-refractivity contribution in [1.82, 2.24) is 4.90 Å². The van der Waals surface area contributed by atoms with Crippen molar-refractivity contribution in [3.63, 3.8) is 0 Å². The molecule has 1 amide bonds. The minimum atomic E-state index is -0.405. The van der Waals surface area contributed by atoms with E-state index in [9.17, 15) is 9.59 Å². The van der Waals surface area contributed by atoms with Gasteiger partial charge in [-0.15, -0.1) is 0 Å². The standard InChI is InChI=1S/C12H14N2O3/c1-17-12(16)8-14-7-9-4-2-3-5-10(9)13-6-11(14)15/h2-5,13H,6-8H2,1H3. The molecule has 1 heterocycles. The van der Waals surface area contributed by atoms with Gasteiger partial charge in [0, 0.05) is 12.2 Å². The van der Waals surface area contributed by atoms with Crippen molar-refractivity contribution < 1.29 is 14.3 Å². The Bertz CT molecular complexity index is 445. The third-order valence-electron chi connectivity index (χ3n) is 2.71. The Labute approximate surface area is 99.4 Å². The Morgan fingerprint density at radius 3 is 3.00 bits per heavy atom. The molecule has 1 aromatic carbocycles. The molecule has 0 radical (unpaired) electrons. The smallest absolute Gasteiger partial charge is 0.325 e. The average molecular weight is 234 g/mol. The number of fused-ring (bicyclic) bond motifs is 1. The molecule has 0 fully saturated rings. The second-order valence-electron chi connectivity index (χ2n) is 3.84. The number of esters is 1. The van der Waals surface area contributed by atoms with Crippen LogP contribution in [-0.2, 0) is 20.9 Å². The van der Waals surface area contributed by atoms with E-state index in [1.54, 1.807) is 0 Å². The summed E-state index contributed by atoms with van der Waals surface area (Å²) >= 11 is 0. The summed E-state index contributed by atoms with van der Waals surface area (Å²) in [5.41, 5.74) is 1.94. The number of hydrogen-bond donors (Lipinski definition) is 1. The molecule has 0 saturated carbocycles. The average Bonchev–Trinajstić information content (AvgIpc) is 2.50. The molecule has 5 nitrogen and oxygen atoms in total. The van der Waals surface area contributed by atoms with E-state index >= 15 is 0 Å². The van der Waals surface area contributed by atoms with Gasteiger partial charge in [-0.25, -0.2) is 0 Å². The van der Waals surface area contributed by atoms with Gasteiger partial charge in [0.05, 0.1) is 13.7 Å². The Hall–Kier alpha value is -2.04. The third kappa shape index (κ3) is 2.55. The third-order valence-corrected chi connectivity index (χ3v) is 2.71. The summed E-state index contributed by atoms with van der Waals surface area (Å²) in [5.74, 6) is -0.510. The van der Waals surface area contributed by atoms with Crippen LogP contribution in [0.3, 0.4) is 0 Å². The fourth-order valence-electron chi connectivity index (χ4n) is 1.77. The molecule has 90 valence electrons. The van der Waals surface area contributed by atoms with Crippen LogP contribution in [0.1, 0.15) is 5.56 Å². The highest BCUT2D eigenvalue weighted by atomic mass is 16.5. The van der Waals surface area contributed by atoms with Crippen molar-refractivity contribution in [3.8, 4) is 0 Å². The van der Waals surface area contributed by atoms with Crippen molar-refractivity contribution >= 4 is 17.6 Å². The highest BCUT2D eigenvalue weighted by Crippen LogP contribution is 2.19. The van der Waals surface area contributed by atoms with Gasteiger partial charge >= 0.3 is 5.97 Å². The topological polar surface area (TPSA) is 58.6 Å². The highest BCUT2D eigenvalue weighted by molar-refractivity contribution is 5.86. The predicted molar refractivity (Wildman–Crippen MR) is 62.4 cm³/mol. The van der Waals surface area contributed by atoms with Gasteiger partial charge in [-0.05, 0) is 11.6 Å². The van der Waals surface area contributed by atoms with E-state index in [2.05, 4.69) is 10.1 Å². The molecule has 17 heavy (non-hydrogen) atoms. The molecule has 0 unspecified atom stereocenters.